The molecule has 4 aromatic rings. The average Bonchev–Trinajstić information content (AvgIpc) is 3.39. The summed E-state index contributed by atoms with van der Waals surface area (Å²) in [5.74, 6) is -1.28. The number of anilines is 3. The first-order valence-electron chi connectivity index (χ1n) is 14.6. The van der Waals surface area contributed by atoms with Gasteiger partial charge in [-0.15, -0.1) is 0 Å². The van der Waals surface area contributed by atoms with E-state index in [4.69, 9.17) is 5.73 Å². The summed E-state index contributed by atoms with van der Waals surface area (Å²) in [6, 6.07) is 17.7. The van der Waals surface area contributed by atoms with Gasteiger partial charge in [0.25, 0.3) is 0 Å². The summed E-state index contributed by atoms with van der Waals surface area (Å²) >= 11 is 0. The van der Waals surface area contributed by atoms with E-state index < -0.39 is 23.8 Å². The minimum Gasteiger partial charge on any atom is -0.382 e. The third kappa shape index (κ3) is 5.32. The highest BCUT2D eigenvalue weighted by Crippen LogP contribution is 2.37. The Kier molecular flexibility index (Phi) is 7.57. The van der Waals surface area contributed by atoms with Gasteiger partial charge in [-0.1, -0.05) is 30.3 Å². The molecule has 11 nitrogen and oxygen atoms in total. The van der Waals surface area contributed by atoms with Crippen molar-refractivity contribution in [1.29, 1.82) is 0 Å². The number of nitrogens with one attached hydrogen (secondary N) is 1. The van der Waals surface area contributed by atoms with Crippen LogP contribution in [0.5, 0.6) is 0 Å². The minimum atomic E-state index is -1.05. The summed E-state index contributed by atoms with van der Waals surface area (Å²) in [4.78, 5) is 49.4. The highest BCUT2D eigenvalue weighted by atomic mass is 16.2. The smallest absolute Gasteiger partial charge is 0.331 e. The van der Waals surface area contributed by atoms with Crippen LogP contribution in [0.3, 0.4) is 0 Å². The second-order valence-electron chi connectivity index (χ2n) is 11.6. The molecule has 2 aliphatic heterocycles. The van der Waals surface area contributed by atoms with Crippen molar-refractivity contribution in [3.05, 3.63) is 72.7 Å². The number of hydrogen-bond donors (Lipinski definition) is 2. The second kappa shape index (κ2) is 11.5. The van der Waals surface area contributed by atoms with Crippen LogP contribution in [0, 0.1) is 5.92 Å². The lowest BCUT2D eigenvalue weighted by molar-refractivity contribution is -0.132. The monoisotopic (exact) mass is 580 g/mol. The van der Waals surface area contributed by atoms with Crippen molar-refractivity contribution < 1.29 is 14.4 Å². The average molecular weight is 581 g/mol. The Morgan fingerprint density at radius 2 is 1.72 bits per heavy atom. The van der Waals surface area contributed by atoms with Gasteiger partial charge in [0.15, 0.2) is 5.82 Å². The van der Waals surface area contributed by atoms with Crippen LogP contribution in [0.15, 0.2) is 67.0 Å². The first-order valence-corrected chi connectivity index (χ1v) is 14.6. The van der Waals surface area contributed by atoms with Gasteiger partial charge in [0, 0.05) is 35.4 Å². The molecule has 2 saturated heterocycles. The van der Waals surface area contributed by atoms with Crippen molar-refractivity contribution in [3.8, 4) is 11.1 Å². The number of nitrogens with two attached hydrogens (primary N) is 1. The number of carbonyl (C=O) groups is 3. The fourth-order valence-corrected chi connectivity index (χ4v) is 6.04. The number of likely N-dealkylation sites (tertiary alicyclic amines) is 1. The van der Waals surface area contributed by atoms with Crippen LogP contribution in [0.2, 0.25) is 0 Å². The minimum absolute atomic E-state index is 0.0122. The van der Waals surface area contributed by atoms with E-state index >= 15 is 0 Å². The lowest BCUT2D eigenvalue weighted by Gasteiger charge is -2.39. The van der Waals surface area contributed by atoms with Crippen LogP contribution in [0.25, 0.3) is 16.6 Å². The summed E-state index contributed by atoms with van der Waals surface area (Å²) < 4.78 is 1.91. The van der Waals surface area contributed by atoms with Gasteiger partial charge in [-0.05, 0) is 82.7 Å². The number of nitrogen functional groups attached to an aromatic ring is 1. The summed E-state index contributed by atoms with van der Waals surface area (Å²) in [6.07, 6.45) is 3.57. The van der Waals surface area contributed by atoms with E-state index in [1.165, 1.54) is 6.33 Å². The summed E-state index contributed by atoms with van der Waals surface area (Å²) in [5, 5.41) is 7.43. The zero-order valence-electron chi connectivity index (χ0n) is 24.6. The first-order chi connectivity index (χ1) is 20.7. The number of carbonyl (C=O) groups excluding carboxylic acids is 3. The van der Waals surface area contributed by atoms with Crippen molar-refractivity contribution in [2.45, 2.75) is 38.6 Å². The third-order valence-corrected chi connectivity index (χ3v) is 8.50. The Labute approximate surface area is 250 Å². The largest absolute Gasteiger partial charge is 0.382 e. The zero-order chi connectivity index (χ0) is 30.2. The predicted molar refractivity (Wildman–Crippen MR) is 166 cm³/mol. The number of fused-ring (bicyclic) bond motifs is 1. The molecule has 0 bridgehead atoms. The Bertz CT molecular complexity index is 1660. The van der Waals surface area contributed by atoms with Crippen molar-refractivity contribution in [2.75, 3.05) is 42.6 Å². The normalized spacial score (nSPS) is 18.6. The molecule has 1 atom stereocenters. The molecule has 0 radical (unpaired) electrons. The fourth-order valence-electron chi connectivity index (χ4n) is 6.04. The molecule has 0 aliphatic carbocycles. The van der Waals surface area contributed by atoms with Crippen LogP contribution < -0.4 is 16.0 Å². The molecule has 6 rings (SSSR count). The molecule has 0 saturated carbocycles. The molecule has 2 fully saturated rings. The Morgan fingerprint density at radius 3 is 2.40 bits per heavy atom. The van der Waals surface area contributed by atoms with Crippen molar-refractivity contribution in [3.63, 3.8) is 0 Å². The zero-order valence-corrected chi connectivity index (χ0v) is 24.6. The molecular weight excluding hydrogens is 544 g/mol. The second-order valence-corrected chi connectivity index (χ2v) is 11.6. The van der Waals surface area contributed by atoms with Crippen LogP contribution in [0.1, 0.15) is 38.3 Å². The number of urea groups is 1. The first kappa shape index (κ1) is 28.4. The maximum atomic E-state index is 13.5. The van der Waals surface area contributed by atoms with E-state index in [2.05, 4.69) is 33.4 Å². The van der Waals surface area contributed by atoms with Crippen LogP contribution in [-0.4, -0.2) is 75.0 Å². The number of imide groups is 1. The number of rotatable bonds is 6. The number of hydrogen-bond acceptors (Lipinski definition) is 7. The van der Waals surface area contributed by atoms with E-state index in [0.717, 1.165) is 53.2 Å². The molecule has 1 unspecified atom stereocenters. The van der Waals surface area contributed by atoms with Gasteiger partial charge in [-0.3, -0.25) is 9.59 Å². The SMILES string of the molecule is CC(C)N1CC(C(=O)Nc2ccc(-c3cc(C4CCN(C)CC4)n4ncnc(N)c34)cc2)C(=O)N(c2ccccc2)C1=O. The van der Waals surface area contributed by atoms with E-state index in [0.29, 0.717) is 23.1 Å². The Balaban J connectivity index is 1.25. The Hall–Kier alpha value is -4.77. The predicted octanol–water partition coefficient (Wildman–Crippen LogP) is 4.22. The van der Waals surface area contributed by atoms with Crippen molar-refractivity contribution in [1.82, 2.24) is 24.4 Å². The molecule has 4 heterocycles. The molecular formula is C32H36N8O3. The number of nitrogens with zero attached hydrogens (tertiary/aromatic N) is 6. The van der Waals surface area contributed by atoms with Gasteiger partial charge in [-0.25, -0.2) is 19.2 Å². The van der Waals surface area contributed by atoms with E-state index in [1.54, 1.807) is 41.3 Å². The lowest BCUT2D eigenvalue weighted by atomic mass is 9.93. The molecule has 43 heavy (non-hydrogen) atoms. The number of piperidine rings is 1. The van der Waals surface area contributed by atoms with Gasteiger partial charge >= 0.3 is 6.03 Å². The highest BCUT2D eigenvalue weighted by molar-refractivity contribution is 6.23. The number of benzene rings is 2. The van der Waals surface area contributed by atoms with Gasteiger partial charge in [0.05, 0.1) is 5.69 Å². The van der Waals surface area contributed by atoms with Crippen molar-refractivity contribution >= 4 is 40.6 Å². The lowest BCUT2D eigenvalue weighted by Crippen LogP contribution is -2.61. The number of para-hydroxylation sites is 1. The van der Waals surface area contributed by atoms with Gasteiger partial charge < -0.3 is 20.9 Å². The molecule has 2 aromatic heterocycles. The molecule has 11 heteroatoms. The van der Waals surface area contributed by atoms with Gasteiger partial charge in [0.1, 0.15) is 17.8 Å². The van der Waals surface area contributed by atoms with Gasteiger partial charge in [-0.2, -0.15) is 5.10 Å². The summed E-state index contributed by atoms with van der Waals surface area (Å²) in [6.45, 7) is 5.80. The maximum Gasteiger partial charge on any atom is 0.331 e. The van der Waals surface area contributed by atoms with Crippen LogP contribution in [-0.2, 0) is 9.59 Å². The van der Waals surface area contributed by atoms with E-state index in [1.807, 2.05) is 36.6 Å². The quantitative estimate of drug-likeness (QED) is 0.327. The molecule has 222 valence electrons. The maximum absolute atomic E-state index is 13.5. The fraction of sp³-hybridized carbons (Fsp3) is 0.344. The van der Waals surface area contributed by atoms with Crippen LogP contribution >= 0.6 is 0 Å². The van der Waals surface area contributed by atoms with Crippen molar-refractivity contribution in [2.24, 2.45) is 5.92 Å². The molecule has 0 spiro atoms. The third-order valence-electron chi connectivity index (χ3n) is 8.50. The van der Waals surface area contributed by atoms with Crippen LogP contribution in [0.4, 0.5) is 22.0 Å². The topological polar surface area (TPSA) is 129 Å². The molecule has 4 amide bonds. The Morgan fingerprint density at radius 1 is 1.02 bits per heavy atom. The molecule has 2 aromatic carbocycles. The molecule has 2 aliphatic rings. The van der Waals surface area contributed by atoms with E-state index in [9.17, 15) is 14.4 Å². The number of aromatic nitrogens is 3. The van der Waals surface area contributed by atoms with E-state index in [-0.39, 0.29) is 12.6 Å². The molecule has 3 N–H and O–H groups in total. The summed E-state index contributed by atoms with van der Waals surface area (Å²) in [5.41, 5.74) is 11.1. The number of amides is 4. The summed E-state index contributed by atoms with van der Waals surface area (Å²) in [7, 11) is 2.14. The van der Waals surface area contributed by atoms with Gasteiger partial charge in [0.2, 0.25) is 11.8 Å². The standard InChI is InChI=1S/C32H36N8O3/c1-20(2)38-18-26(31(42)39(32(38)43)24-7-5-4-6-8-24)30(41)36-23-11-9-21(10-12-23)25-17-27(22-13-15-37(3)16-14-22)40-28(25)29(33)34-19-35-40/h4-12,17,19-20,22,26H,13-16,18H2,1-3H3,(H,36,41)(H2,33,34,35). The highest BCUT2D eigenvalue weighted by Gasteiger charge is 2.44.